The molecule has 0 radical (unpaired) electrons. The van der Waals surface area contributed by atoms with Crippen molar-refractivity contribution in [2.45, 2.75) is 110 Å². The largest absolute Gasteiger partial charge is 0.523 e. The summed E-state index contributed by atoms with van der Waals surface area (Å²) in [6.07, 6.45) is 9.68. The first-order valence-corrected chi connectivity index (χ1v) is 22.6. The third-order valence-electron chi connectivity index (χ3n) is 14.8. The van der Waals surface area contributed by atoms with Gasteiger partial charge in [0.1, 0.15) is 0 Å². The van der Waals surface area contributed by atoms with Crippen LogP contribution < -0.4 is 0 Å². The van der Waals surface area contributed by atoms with E-state index in [1.165, 1.54) is 11.1 Å². The normalized spacial score (nSPS) is 27.4. The molecule has 4 aromatic heterocycles. The van der Waals surface area contributed by atoms with Crippen molar-refractivity contribution < 1.29 is 72.3 Å². The lowest BCUT2D eigenvalue weighted by molar-refractivity contribution is -0.121. The highest BCUT2D eigenvalue weighted by molar-refractivity contribution is 6.00. The average Bonchev–Trinajstić information content (AvgIpc) is 0.729. The molecule has 10 rings (SSSR count). The Hall–Kier alpha value is -6.65. The van der Waals surface area contributed by atoms with Crippen molar-refractivity contribution in [3.8, 4) is 22.8 Å². The lowest BCUT2D eigenvalue weighted by Crippen LogP contribution is -2.46. The van der Waals surface area contributed by atoms with Crippen LogP contribution in [-0.2, 0) is 28.5 Å². The fourth-order valence-electron chi connectivity index (χ4n) is 11.6. The second kappa shape index (κ2) is 16.2. The Morgan fingerprint density at radius 1 is 0.719 bits per heavy atom. The Bertz CT molecular complexity index is 3140. The summed E-state index contributed by atoms with van der Waals surface area (Å²) in [5, 5.41) is 12.7. The van der Waals surface area contributed by atoms with Crippen LogP contribution in [0.2, 0.25) is 0 Å². The van der Waals surface area contributed by atoms with Crippen LogP contribution in [0.25, 0.3) is 54.3 Å². The molecular formula is C54H96N8O2. The number of carbonyl (C=O) groups excluding carboxylic acids is 1. The van der Waals surface area contributed by atoms with Gasteiger partial charge in [0.15, 0.2) is 17.4 Å². The number of hydrogen-bond acceptors (Lipinski definition) is 8. The van der Waals surface area contributed by atoms with Crippen molar-refractivity contribution in [1.29, 1.82) is 0 Å². The quantitative estimate of drug-likeness (QED) is 0.173. The molecule has 0 saturated heterocycles. The van der Waals surface area contributed by atoms with Crippen molar-refractivity contribution in [2.24, 2.45) is 23.7 Å². The minimum Gasteiger partial charge on any atom is -0.523 e. The summed E-state index contributed by atoms with van der Waals surface area (Å²) in [7, 11) is 0. The van der Waals surface area contributed by atoms with Gasteiger partial charge in [-0.2, -0.15) is 0 Å². The highest BCUT2D eigenvalue weighted by Gasteiger charge is 2.51. The number of fused-ring (bicyclic) bond motifs is 8. The van der Waals surface area contributed by atoms with E-state index < -0.39 is 5.41 Å². The van der Waals surface area contributed by atoms with Gasteiger partial charge in [0.2, 0.25) is 11.4 Å². The van der Waals surface area contributed by atoms with Crippen molar-refractivity contribution in [3.63, 3.8) is 0 Å². The van der Waals surface area contributed by atoms with E-state index in [1.54, 1.807) is 6.20 Å². The second-order valence-electron chi connectivity index (χ2n) is 19.3. The van der Waals surface area contributed by atoms with Crippen LogP contribution in [-0.4, -0.2) is 40.8 Å². The summed E-state index contributed by atoms with van der Waals surface area (Å²) in [6, 6.07) is 20.1. The van der Waals surface area contributed by atoms with Gasteiger partial charge in [-0.05, 0) is 91.2 Å². The summed E-state index contributed by atoms with van der Waals surface area (Å²) < 4.78 is 210. The molecule has 6 atom stereocenters. The zero-order valence-corrected chi connectivity index (χ0v) is 37.9. The van der Waals surface area contributed by atoms with Crippen LogP contribution in [0.15, 0.2) is 96.3 Å². The Morgan fingerprint density at radius 3 is 1.77 bits per heavy atom. The van der Waals surface area contributed by atoms with Gasteiger partial charge in [-0.3, -0.25) is 9.97 Å². The molecule has 0 saturated carbocycles. The van der Waals surface area contributed by atoms with E-state index in [0.29, 0.717) is 17.9 Å². The summed E-state index contributed by atoms with van der Waals surface area (Å²) in [4.78, 5) is 49.6. The minimum absolute atomic E-state index is 0.0376. The van der Waals surface area contributed by atoms with Crippen LogP contribution in [0.4, 0.5) is 0 Å². The van der Waals surface area contributed by atoms with Gasteiger partial charge >= 0.3 is 0 Å². The van der Waals surface area contributed by atoms with Gasteiger partial charge in [-0.25, -0.2) is 29.6 Å². The highest BCUT2D eigenvalue weighted by atomic mass is 16.3. The monoisotopic (exact) mass is 973 g/mol. The summed E-state index contributed by atoms with van der Waals surface area (Å²) in [6.45, 7) is 32.3. The molecule has 2 aromatic carbocycles. The van der Waals surface area contributed by atoms with Gasteiger partial charge in [0.05, 0.1) is 52.7 Å². The molecule has 0 amide bonds. The number of aliphatic hydroxyl groups excluding tert-OH is 1. The van der Waals surface area contributed by atoms with Crippen LogP contribution >= 0.6 is 0 Å². The summed E-state index contributed by atoms with van der Waals surface area (Å²) >= 11 is 0. The number of hydrogen-bond donors (Lipinski definition) is 1. The SMILES string of the molecule is [3H][3H].[3H][3H].[3H][3H].[3H][3H].[3H][3H].[3H][3H].[3H][3H].[3H][3H].[3H][3H].[3H][3H].[3H][3H].[3H][3H].[3H][3H].[3H][3H].[3H][3H].[3H][3H].[3H][3H].[3H][3H].[3H][3H].[3H][3H].[3H][3H].[C-]#[N+]C1=C(O)[C@H](C)[C@H]2CCc3c(C(C)C)nc(-c4ccnc5ccccc45)nc3[C@]2(C)C1.[C-]#[N+]C1=C[C@@]2(C)c3nc(-c4ccnc5ccccc45)nc(C(C)C)c3CC[C@@H]2[C@@H](C)C1=O. The van der Waals surface area contributed by atoms with Gasteiger partial charge in [-0.15, -0.1) is 0 Å². The number of allylic oxidation sites excluding steroid dienone is 4. The molecule has 0 aliphatic heterocycles. The van der Waals surface area contributed by atoms with E-state index in [-0.39, 0.29) is 58.2 Å². The van der Waals surface area contributed by atoms with Gasteiger partial charge in [0, 0.05) is 119 Å². The Morgan fingerprint density at radius 2 is 1.23 bits per heavy atom. The molecule has 364 valence electrons. The molecule has 0 bridgehead atoms. The standard InChI is InChI=1S/C27H28N4O.C27H26N4O.21H2/c2*1-15(2)23-19-10-11-20-16(3)24(32)22(28-5)14-27(20,4)25(19)31-26(30-23)18-12-13-29-21-9-7-6-8-17(18)21;;;;;;;;;;;;;;;;;;;;;/h6-9,12-13,15-16,20,32H,10-11,14H2,1-4H3;6-9,12-16,20H,10-11H2,1-4H3;21*1H/t2*16-,20-,27-;;;;;;;;;;;;;;;;;;;;;/m11...................../s1/i;;21*1+2T. The molecular weight excluding hydrogens is 793 g/mol. The van der Waals surface area contributed by atoms with E-state index in [2.05, 4.69) is 80.3 Å². The fourth-order valence-corrected chi connectivity index (χ4v) is 11.6. The number of pyridine rings is 2. The topological polar surface area (TPSA) is 123 Å². The number of aromatic nitrogens is 6. The molecule has 4 heterocycles. The maximum Gasteiger partial charge on any atom is 0.226 e. The van der Waals surface area contributed by atoms with Gasteiger partial charge in [0.25, 0.3) is 0 Å². The van der Waals surface area contributed by atoms with Crippen LogP contribution in [0.5, 0.6) is 0 Å². The predicted molar refractivity (Wildman–Crippen MR) is 295 cm³/mol. The second-order valence-corrected chi connectivity index (χ2v) is 19.3. The first-order chi connectivity index (χ1) is 51.7. The maximum absolute atomic E-state index is 12.8. The molecule has 10 nitrogen and oxygen atoms in total. The number of ketones is 1. The summed E-state index contributed by atoms with van der Waals surface area (Å²) in [5.74, 6) is 2.29. The number of carbonyl (C=O) groups is 1. The van der Waals surface area contributed by atoms with Crippen molar-refractivity contribution in [1.82, 2.24) is 29.9 Å². The lowest BCUT2D eigenvalue weighted by Gasteiger charge is -2.48. The number of para-hydroxylation sites is 2. The van der Waals surface area contributed by atoms with E-state index in [9.17, 15) is 9.90 Å². The maximum atomic E-state index is 12.8. The highest BCUT2D eigenvalue weighted by Crippen LogP contribution is 2.55. The molecule has 10 heteroatoms. The number of benzene rings is 2. The molecule has 4 aliphatic carbocycles. The van der Waals surface area contributed by atoms with Crippen molar-refractivity contribution in [3.05, 3.63) is 153 Å². The van der Waals surface area contributed by atoms with Crippen LogP contribution in [0.3, 0.4) is 0 Å². The Balaban J connectivity index is -0.0000000993. The molecule has 4 aliphatic rings. The first-order valence-electron chi connectivity index (χ1n) is 43.6. The zero-order chi connectivity index (χ0) is 87.2. The number of Topliss-reactive ketones (excluding diaryl/α,β-unsaturated/α-hetero) is 1. The van der Waals surface area contributed by atoms with E-state index in [4.69, 9.17) is 95.4 Å². The van der Waals surface area contributed by atoms with Crippen LogP contribution in [0.1, 0.15) is 183 Å². The predicted octanol–water partition coefficient (Wildman–Crippen LogP) is 17.2. The Kier molecular flexibility index (Phi) is 6.17. The first kappa shape index (κ1) is 24.4. The number of aliphatic hydroxyl groups is 1. The molecule has 1 N–H and O–H groups in total. The van der Waals surface area contributed by atoms with Crippen LogP contribution in [0, 0.1) is 36.8 Å². The van der Waals surface area contributed by atoms with E-state index in [1.807, 2.05) is 67.7 Å². The van der Waals surface area contributed by atoms with Crippen molar-refractivity contribution in [2.75, 3.05) is 0 Å². The third-order valence-corrected chi connectivity index (χ3v) is 14.8. The van der Waals surface area contributed by atoms with E-state index >= 15 is 0 Å². The number of rotatable bonds is 4. The van der Waals surface area contributed by atoms with Gasteiger partial charge < -0.3 is 9.90 Å². The van der Waals surface area contributed by atoms with Gasteiger partial charge in [-0.1, -0.05) is 97.9 Å². The fraction of sp³-hybridized carbons (Fsp3) is 0.389. The smallest absolute Gasteiger partial charge is 0.226 e. The minimum atomic E-state index is -0.467. The summed E-state index contributed by atoms with van der Waals surface area (Å²) in [5.41, 5.74) is 10.3. The molecule has 0 spiro atoms. The lowest BCUT2D eigenvalue weighted by atomic mass is 9.57. The Labute approximate surface area is 440 Å². The average molecular weight is 974 g/mol. The molecule has 0 unspecified atom stereocenters. The van der Waals surface area contributed by atoms with E-state index in [0.717, 1.165) is 87.2 Å². The molecule has 6 aromatic rings. The van der Waals surface area contributed by atoms with Crippen molar-refractivity contribution >= 4 is 27.6 Å². The third kappa shape index (κ3) is 6.77. The number of nitrogens with zero attached hydrogens (tertiary/aromatic N) is 8. The molecule has 64 heavy (non-hydrogen) atoms. The zero-order valence-electron chi connectivity index (χ0n) is 79.9. The molecule has 0 fully saturated rings.